The molecule has 3 nitrogen and oxygen atoms in total. The number of halogens is 2. The van der Waals surface area contributed by atoms with Crippen LogP contribution in [-0.2, 0) is 5.75 Å². The minimum Gasteiger partial charge on any atom is -0.486 e. The van der Waals surface area contributed by atoms with Gasteiger partial charge >= 0.3 is 0 Å². The van der Waals surface area contributed by atoms with Gasteiger partial charge in [-0.2, -0.15) is 0 Å². The molecule has 21 heavy (non-hydrogen) atoms. The van der Waals surface area contributed by atoms with E-state index in [1.165, 1.54) is 0 Å². The summed E-state index contributed by atoms with van der Waals surface area (Å²) in [6.45, 7) is 1.09. The summed E-state index contributed by atoms with van der Waals surface area (Å²) < 4.78 is 12.1. The van der Waals surface area contributed by atoms with Gasteiger partial charge in [0.25, 0.3) is 0 Å². The largest absolute Gasteiger partial charge is 0.486 e. The van der Waals surface area contributed by atoms with Crippen molar-refractivity contribution in [2.24, 2.45) is 0 Å². The summed E-state index contributed by atoms with van der Waals surface area (Å²) in [4.78, 5) is 1.05. The molecule has 0 radical (unpaired) electrons. The number of thioether (sulfide) groups is 1. The lowest BCUT2D eigenvalue weighted by molar-refractivity contribution is 0.171. The molecule has 0 amide bonds. The lowest BCUT2D eigenvalue weighted by Gasteiger charge is -2.20. The predicted molar refractivity (Wildman–Crippen MR) is 90.6 cm³/mol. The Bertz CT molecular complexity index is 681. The molecule has 110 valence electrons. The van der Waals surface area contributed by atoms with Crippen molar-refractivity contribution in [2.45, 2.75) is 10.6 Å². The lowest BCUT2D eigenvalue weighted by atomic mass is 10.2. The molecule has 0 saturated heterocycles. The van der Waals surface area contributed by atoms with E-state index >= 15 is 0 Å². The fourth-order valence-corrected chi connectivity index (χ4v) is 3.60. The third-order valence-electron chi connectivity index (χ3n) is 3.02. The summed E-state index contributed by atoms with van der Waals surface area (Å²) >= 11 is 11.3. The van der Waals surface area contributed by atoms with E-state index < -0.39 is 0 Å². The van der Waals surface area contributed by atoms with Gasteiger partial charge in [0.2, 0.25) is 0 Å². The SMILES string of the molecule is Nc1cc(Br)ccc1SCc1cc(Cl)c2c(c1)OCCO2. The van der Waals surface area contributed by atoms with E-state index in [1.807, 2.05) is 30.3 Å². The molecule has 6 heteroatoms. The van der Waals surface area contributed by atoms with Crippen LogP contribution in [0.2, 0.25) is 5.02 Å². The molecule has 1 aliphatic rings. The smallest absolute Gasteiger partial charge is 0.179 e. The molecule has 0 unspecified atom stereocenters. The fourth-order valence-electron chi connectivity index (χ4n) is 2.06. The molecule has 2 aromatic rings. The number of hydrogen-bond donors (Lipinski definition) is 1. The van der Waals surface area contributed by atoms with Gasteiger partial charge in [-0.3, -0.25) is 0 Å². The molecule has 0 saturated carbocycles. The molecule has 0 spiro atoms. The van der Waals surface area contributed by atoms with Gasteiger partial charge in [-0.05, 0) is 35.9 Å². The zero-order chi connectivity index (χ0) is 14.8. The molecule has 1 aliphatic heterocycles. The van der Waals surface area contributed by atoms with Crippen molar-refractivity contribution in [1.82, 2.24) is 0 Å². The van der Waals surface area contributed by atoms with Crippen molar-refractivity contribution in [3.8, 4) is 11.5 Å². The van der Waals surface area contributed by atoms with Crippen LogP contribution in [0.3, 0.4) is 0 Å². The summed E-state index contributed by atoms with van der Waals surface area (Å²) in [5, 5.41) is 0.589. The minimum absolute atomic E-state index is 0.538. The molecule has 0 atom stereocenters. The summed E-state index contributed by atoms with van der Waals surface area (Å²) in [5.74, 6) is 2.12. The molecule has 0 aromatic heterocycles. The maximum atomic E-state index is 6.24. The number of nitrogen functional groups attached to an aromatic ring is 1. The van der Waals surface area contributed by atoms with Crippen LogP contribution in [0.4, 0.5) is 5.69 Å². The minimum atomic E-state index is 0.538. The topological polar surface area (TPSA) is 44.5 Å². The van der Waals surface area contributed by atoms with Gasteiger partial charge in [0.1, 0.15) is 13.2 Å². The summed E-state index contributed by atoms with van der Waals surface area (Å²) in [5.41, 5.74) is 7.85. The van der Waals surface area contributed by atoms with Gasteiger partial charge in [-0.25, -0.2) is 0 Å². The van der Waals surface area contributed by atoms with Crippen molar-refractivity contribution in [2.75, 3.05) is 18.9 Å². The van der Waals surface area contributed by atoms with Crippen molar-refractivity contribution in [1.29, 1.82) is 0 Å². The first-order chi connectivity index (χ1) is 10.1. The molecular formula is C15H13BrClNO2S. The molecular weight excluding hydrogens is 374 g/mol. The van der Waals surface area contributed by atoms with E-state index in [-0.39, 0.29) is 0 Å². The lowest BCUT2D eigenvalue weighted by Crippen LogP contribution is -2.15. The highest BCUT2D eigenvalue weighted by Gasteiger charge is 2.16. The molecule has 0 aliphatic carbocycles. The first-order valence-electron chi connectivity index (χ1n) is 6.39. The van der Waals surface area contributed by atoms with E-state index in [0.717, 1.165) is 26.4 Å². The summed E-state index contributed by atoms with van der Waals surface area (Å²) in [7, 11) is 0. The second kappa shape index (κ2) is 6.38. The van der Waals surface area contributed by atoms with Gasteiger partial charge in [0.05, 0.1) is 5.02 Å². The first kappa shape index (κ1) is 14.9. The summed E-state index contributed by atoms with van der Waals surface area (Å²) in [6, 6.07) is 9.78. The molecule has 2 N–H and O–H groups in total. The van der Waals surface area contributed by atoms with Gasteiger partial charge in [-0.1, -0.05) is 27.5 Å². The van der Waals surface area contributed by atoms with E-state index in [4.69, 9.17) is 26.8 Å². The van der Waals surface area contributed by atoms with E-state index in [1.54, 1.807) is 11.8 Å². The third-order valence-corrected chi connectivity index (χ3v) is 4.96. The Balaban J connectivity index is 1.77. The number of fused-ring (bicyclic) bond motifs is 1. The van der Waals surface area contributed by atoms with Gasteiger partial charge < -0.3 is 15.2 Å². The normalized spacial score (nSPS) is 13.2. The van der Waals surface area contributed by atoms with E-state index in [0.29, 0.717) is 29.7 Å². The summed E-state index contributed by atoms with van der Waals surface area (Å²) in [6.07, 6.45) is 0. The Kier molecular flexibility index (Phi) is 4.52. The monoisotopic (exact) mass is 385 g/mol. The van der Waals surface area contributed by atoms with Crippen LogP contribution in [0.1, 0.15) is 5.56 Å². The highest BCUT2D eigenvalue weighted by molar-refractivity contribution is 9.10. The Labute approximate surface area is 140 Å². The molecule has 0 fully saturated rings. The molecule has 3 rings (SSSR count). The van der Waals surface area contributed by atoms with Gasteiger partial charge in [-0.15, -0.1) is 11.8 Å². The van der Waals surface area contributed by atoms with E-state index in [2.05, 4.69) is 15.9 Å². The van der Waals surface area contributed by atoms with Crippen LogP contribution in [0.25, 0.3) is 0 Å². The predicted octanol–water partition coefficient (Wildman–Crippen LogP) is 4.75. The zero-order valence-electron chi connectivity index (χ0n) is 11.1. The van der Waals surface area contributed by atoms with Gasteiger partial charge in [0, 0.05) is 20.8 Å². The average molecular weight is 387 g/mol. The maximum Gasteiger partial charge on any atom is 0.179 e. The van der Waals surface area contributed by atoms with E-state index in [9.17, 15) is 0 Å². The number of nitrogens with two attached hydrogens (primary N) is 1. The second-order valence-electron chi connectivity index (χ2n) is 4.57. The fraction of sp³-hybridized carbons (Fsp3) is 0.200. The van der Waals surface area contributed by atoms with Crippen LogP contribution < -0.4 is 15.2 Å². The second-order valence-corrected chi connectivity index (χ2v) is 6.91. The molecule has 2 aromatic carbocycles. The molecule has 0 bridgehead atoms. The number of rotatable bonds is 3. The highest BCUT2D eigenvalue weighted by atomic mass is 79.9. The van der Waals surface area contributed by atoms with Crippen LogP contribution >= 0.6 is 39.3 Å². The van der Waals surface area contributed by atoms with Crippen molar-refractivity contribution >= 4 is 45.0 Å². The average Bonchev–Trinajstić information content (AvgIpc) is 2.46. The van der Waals surface area contributed by atoms with Crippen LogP contribution in [0.15, 0.2) is 39.7 Å². The van der Waals surface area contributed by atoms with Crippen molar-refractivity contribution < 1.29 is 9.47 Å². The Hall–Kier alpha value is -1.04. The number of hydrogen-bond acceptors (Lipinski definition) is 4. The Morgan fingerprint density at radius 1 is 1.19 bits per heavy atom. The molecule has 1 heterocycles. The third kappa shape index (κ3) is 3.42. The van der Waals surface area contributed by atoms with Crippen LogP contribution in [0, 0.1) is 0 Å². The van der Waals surface area contributed by atoms with Crippen molar-refractivity contribution in [3.63, 3.8) is 0 Å². The number of ether oxygens (including phenoxy) is 2. The zero-order valence-corrected chi connectivity index (χ0v) is 14.2. The standard InChI is InChI=1S/C15H13BrClNO2S/c16-10-1-2-14(12(18)7-10)21-8-9-5-11(17)15-13(6-9)19-3-4-20-15/h1-2,5-7H,3-4,8,18H2. The first-order valence-corrected chi connectivity index (χ1v) is 8.55. The van der Waals surface area contributed by atoms with Crippen LogP contribution in [0.5, 0.6) is 11.5 Å². The van der Waals surface area contributed by atoms with Gasteiger partial charge in [0.15, 0.2) is 11.5 Å². The maximum absolute atomic E-state index is 6.24. The van der Waals surface area contributed by atoms with Crippen molar-refractivity contribution in [3.05, 3.63) is 45.4 Å². The number of benzene rings is 2. The quantitative estimate of drug-likeness (QED) is 0.611. The Morgan fingerprint density at radius 3 is 2.81 bits per heavy atom. The Morgan fingerprint density at radius 2 is 2.00 bits per heavy atom. The highest BCUT2D eigenvalue weighted by Crippen LogP contribution is 2.40. The van der Waals surface area contributed by atoms with Crippen LogP contribution in [-0.4, -0.2) is 13.2 Å². The number of anilines is 1.